The molecule has 0 fully saturated rings. The third-order valence-corrected chi connectivity index (χ3v) is 7.18. The molecule has 29 heavy (non-hydrogen) atoms. The number of benzene rings is 2. The maximum atomic E-state index is 2.75. The SMILES string of the molecule is CCc1cc(C)c(C)c(N2C(C(C)C)=[N+](C(C)C)[C@@H]3Cc4ccccc4[C@@H]32)c1C. The van der Waals surface area contributed by atoms with Crippen molar-refractivity contribution in [2.75, 3.05) is 4.90 Å². The van der Waals surface area contributed by atoms with Gasteiger partial charge < -0.3 is 0 Å². The number of hydrogen-bond acceptors (Lipinski definition) is 1. The van der Waals surface area contributed by atoms with Gasteiger partial charge in [-0.05, 0) is 68.9 Å². The first-order chi connectivity index (χ1) is 13.8. The molecule has 4 rings (SSSR count). The molecule has 2 aliphatic rings. The summed E-state index contributed by atoms with van der Waals surface area (Å²) in [6, 6.07) is 13.0. The van der Waals surface area contributed by atoms with E-state index in [4.69, 9.17) is 0 Å². The first kappa shape index (κ1) is 20.2. The van der Waals surface area contributed by atoms with Crippen molar-refractivity contribution in [3.63, 3.8) is 0 Å². The van der Waals surface area contributed by atoms with Crippen molar-refractivity contribution in [2.24, 2.45) is 5.92 Å². The van der Waals surface area contributed by atoms with E-state index in [9.17, 15) is 0 Å². The van der Waals surface area contributed by atoms with Crippen molar-refractivity contribution >= 4 is 11.5 Å². The summed E-state index contributed by atoms with van der Waals surface area (Å²) in [6.07, 6.45) is 2.24. The molecule has 0 aromatic heterocycles. The molecule has 1 aliphatic heterocycles. The molecule has 2 nitrogen and oxygen atoms in total. The van der Waals surface area contributed by atoms with Gasteiger partial charge in [0, 0.05) is 12.0 Å². The second kappa shape index (κ2) is 7.31. The van der Waals surface area contributed by atoms with Gasteiger partial charge in [-0.1, -0.05) is 51.1 Å². The van der Waals surface area contributed by atoms with E-state index < -0.39 is 0 Å². The fraction of sp³-hybridized carbons (Fsp3) is 0.519. The minimum atomic E-state index is 0.412. The molecule has 1 heterocycles. The van der Waals surface area contributed by atoms with Gasteiger partial charge in [0.25, 0.3) is 5.84 Å². The van der Waals surface area contributed by atoms with E-state index in [0.29, 0.717) is 24.0 Å². The summed E-state index contributed by atoms with van der Waals surface area (Å²) in [7, 11) is 0. The lowest BCUT2D eigenvalue weighted by Crippen LogP contribution is -2.38. The Labute approximate surface area is 177 Å². The fourth-order valence-corrected chi connectivity index (χ4v) is 5.86. The molecular weight excluding hydrogens is 352 g/mol. The summed E-state index contributed by atoms with van der Waals surface area (Å²) >= 11 is 0. The van der Waals surface area contributed by atoms with Gasteiger partial charge >= 0.3 is 0 Å². The Morgan fingerprint density at radius 3 is 2.34 bits per heavy atom. The van der Waals surface area contributed by atoms with Gasteiger partial charge in [-0.25, -0.2) is 4.90 Å². The normalized spacial score (nSPS) is 20.8. The van der Waals surface area contributed by atoms with Crippen LogP contribution in [-0.4, -0.2) is 22.5 Å². The van der Waals surface area contributed by atoms with Crippen LogP contribution in [0.25, 0.3) is 0 Å². The maximum Gasteiger partial charge on any atom is 0.255 e. The Hall–Kier alpha value is -2.09. The molecular formula is C27H37N2+. The molecule has 0 unspecified atom stereocenters. The highest BCUT2D eigenvalue weighted by atomic mass is 15.4. The molecule has 0 N–H and O–H groups in total. The van der Waals surface area contributed by atoms with Gasteiger partial charge in [-0.15, -0.1) is 0 Å². The van der Waals surface area contributed by atoms with Crippen LogP contribution in [0.15, 0.2) is 30.3 Å². The average molecular weight is 390 g/mol. The largest absolute Gasteiger partial charge is 0.255 e. The summed E-state index contributed by atoms with van der Waals surface area (Å²) in [5.74, 6) is 1.99. The highest BCUT2D eigenvalue weighted by molar-refractivity contribution is 6.00. The maximum absolute atomic E-state index is 2.75. The van der Waals surface area contributed by atoms with E-state index in [2.05, 4.69) is 95.2 Å². The van der Waals surface area contributed by atoms with Gasteiger partial charge in [-0.3, -0.25) is 4.58 Å². The summed E-state index contributed by atoms with van der Waals surface area (Å²) in [5, 5.41) is 0. The van der Waals surface area contributed by atoms with Crippen molar-refractivity contribution in [3.05, 3.63) is 63.7 Å². The van der Waals surface area contributed by atoms with E-state index >= 15 is 0 Å². The molecule has 2 heteroatoms. The van der Waals surface area contributed by atoms with E-state index in [-0.39, 0.29) is 0 Å². The molecule has 2 atom stereocenters. The topological polar surface area (TPSA) is 6.25 Å². The number of amidine groups is 1. The van der Waals surface area contributed by atoms with Crippen molar-refractivity contribution in [1.29, 1.82) is 0 Å². The third kappa shape index (κ3) is 2.95. The number of nitrogens with zero attached hydrogens (tertiary/aromatic N) is 2. The Balaban J connectivity index is 2.03. The number of rotatable bonds is 4. The van der Waals surface area contributed by atoms with Crippen LogP contribution in [0.3, 0.4) is 0 Å². The lowest BCUT2D eigenvalue weighted by molar-refractivity contribution is -0.589. The lowest BCUT2D eigenvalue weighted by atomic mass is 9.93. The smallest absolute Gasteiger partial charge is 0.255 e. The van der Waals surface area contributed by atoms with Crippen LogP contribution in [0.4, 0.5) is 5.69 Å². The van der Waals surface area contributed by atoms with Crippen LogP contribution in [-0.2, 0) is 12.8 Å². The van der Waals surface area contributed by atoms with Gasteiger partial charge in [-0.2, -0.15) is 0 Å². The third-order valence-electron chi connectivity index (χ3n) is 7.18. The molecule has 0 saturated heterocycles. The molecule has 0 amide bonds. The number of aryl methyl sites for hydroxylation is 2. The summed E-state index contributed by atoms with van der Waals surface area (Å²) in [5.41, 5.74) is 10.3. The molecule has 0 saturated carbocycles. The van der Waals surface area contributed by atoms with Crippen LogP contribution in [0.1, 0.15) is 74.0 Å². The zero-order valence-electron chi connectivity index (χ0n) is 19.5. The van der Waals surface area contributed by atoms with Crippen LogP contribution in [0, 0.1) is 26.7 Å². The molecule has 2 aromatic rings. The number of fused-ring (bicyclic) bond motifs is 3. The second-order valence-electron chi connectivity index (χ2n) is 9.60. The summed E-state index contributed by atoms with van der Waals surface area (Å²) < 4.78 is 2.74. The van der Waals surface area contributed by atoms with E-state index in [1.807, 2.05) is 0 Å². The molecule has 0 spiro atoms. The summed E-state index contributed by atoms with van der Waals surface area (Å²) in [6.45, 7) is 18.7. The van der Waals surface area contributed by atoms with Crippen LogP contribution < -0.4 is 4.90 Å². The van der Waals surface area contributed by atoms with Crippen LogP contribution >= 0.6 is 0 Å². The molecule has 2 aromatic carbocycles. The molecule has 154 valence electrons. The van der Waals surface area contributed by atoms with Crippen molar-refractivity contribution < 1.29 is 4.58 Å². The predicted molar refractivity (Wildman–Crippen MR) is 124 cm³/mol. The van der Waals surface area contributed by atoms with E-state index in [1.165, 1.54) is 44.9 Å². The van der Waals surface area contributed by atoms with Crippen molar-refractivity contribution in [3.8, 4) is 0 Å². The average Bonchev–Trinajstić information content (AvgIpc) is 3.19. The monoisotopic (exact) mass is 389 g/mol. The first-order valence-corrected chi connectivity index (χ1v) is 11.4. The number of anilines is 1. The minimum Gasteiger partial charge on any atom is -0.255 e. The van der Waals surface area contributed by atoms with E-state index in [1.54, 1.807) is 0 Å². The zero-order valence-corrected chi connectivity index (χ0v) is 19.5. The highest BCUT2D eigenvalue weighted by Gasteiger charge is 2.55. The quantitative estimate of drug-likeness (QED) is 0.570. The second-order valence-corrected chi connectivity index (χ2v) is 9.60. The van der Waals surface area contributed by atoms with Gasteiger partial charge in [0.1, 0.15) is 11.7 Å². The van der Waals surface area contributed by atoms with Gasteiger partial charge in [0.2, 0.25) is 0 Å². The zero-order chi connectivity index (χ0) is 21.0. The van der Waals surface area contributed by atoms with Crippen molar-refractivity contribution in [1.82, 2.24) is 0 Å². The predicted octanol–water partition coefficient (Wildman–Crippen LogP) is 6.14. The Morgan fingerprint density at radius 1 is 1.03 bits per heavy atom. The van der Waals surface area contributed by atoms with E-state index in [0.717, 1.165) is 12.8 Å². The molecule has 1 aliphatic carbocycles. The van der Waals surface area contributed by atoms with Gasteiger partial charge in [0.15, 0.2) is 6.04 Å². The van der Waals surface area contributed by atoms with Crippen LogP contribution in [0.5, 0.6) is 0 Å². The van der Waals surface area contributed by atoms with Crippen molar-refractivity contribution in [2.45, 2.75) is 86.4 Å². The minimum absolute atomic E-state index is 0.412. The van der Waals surface area contributed by atoms with Gasteiger partial charge in [0.05, 0.1) is 12.0 Å². The Kier molecular flexibility index (Phi) is 5.09. The lowest BCUT2D eigenvalue weighted by Gasteiger charge is -2.27. The Morgan fingerprint density at radius 2 is 1.72 bits per heavy atom. The van der Waals surface area contributed by atoms with Crippen LogP contribution in [0.2, 0.25) is 0 Å². The standard InChI is InChI=1S/C27H37N2/c1-9-21-14-18(6)19(7)25(20(21)8)29-26-23-13-11-10-12-22(23)15-24(26)28(17(4)5)27(29)16(2)3/h10-14,16-17,24,26H,9,15H2,1-8H3/q+1/t24-,26+/m1/s1. The number of hydrogen-bond donors (Lipinski definition) is 0. The molecule has 0 radical (unpaired) electrons. The highest BCUT2D eigenvalue weighted by Crippen LogP contribution is 2.47. The fourth-order valence-electron chi connectivity index (χ4n) is 5.86. The molecule has 0 bridgehead atoms. The summed E-state index contributed by atoms with van der Waals surface area (Å²) in [4.78, 5) is 2.75. The Bertz CT molecular complexity index is 980. The first-order valence-electron chi connectivity index (χ1n) is 11.4.